The summed E-state index contributed by atoms with van der Waals surface area (Å²) < 4.78 is 30.1. The van der Waals surface area contributed by atoms with E-state index in [0.717, 1.165) is 5.01 Å². The molecule has 1 aliphatic heterocycles. The number of benzene rings is 2. The van der Waals surface area contributed by atoms with Crippen molar-refractivity contribution in [1.82, 2.24) is 20.0 Å². The van der Waals surface area contributed by atoms with Crippen molar-refractivity contribution in [3.8, 4) is 11.5 Å². The van der Waals surface area contributed by atoms with Crippen LogP contribution in [0.4, 0.5) is 0 Å². The van der Waals surface area contributed by atoms with Crippen molar-refractivity contribution in [3.05, 3.63) is 65.0 Å². The molecule has 132 valence electrons. The molecule has 0 atom stereocenters. The average Bonchev–Trinajstić information content (AvgIpc) is 3.08. The largest absolute Gasteiger partial charge is 0.419 e. The van der Waals surface area contributed by atoms with Crippen LogP contribution in [0.2, 0.25) is 5.02 Å². The highest BCUT2D eigenvalue weighted by Gasteiger charge is 2.34. The zero-order valence-corrected chi connectivity index (χ0v) is 14.7. The fourth-order valence-electron chi connectivity index (χ4n) is 2.52. The summed E-state index contributed by atoms with van der Waals surface area (Å²) in [4.78, 5) is 14.7. The van der Waals surface area contributed by atoms with Gasteiger partial charge in [-0.3, -0.25) is 9.80 Å². The molecule has 2 heterocycles. The third-order valence-electron chi connectivity index (χ3n) is 3.73. The lowest BCUT2D eigenvalue weighted by molar-refractivity contribution is 0.0670. The number of carbonyl (C=O) groups is 1. The summed E-state index contributed by atoms with van der Waals surface area (Å²) in [7, 11) is -3.84. The number of amides is 1. The van der Waals surface area contributed by atoms with E-state index in [-0.39, 0.29) is 28.8 Å². The number of hydrogen-bond acceptors (Lipinski definition) is 6. The van der Waals surface area contributed by atoms with E-state index in [1.54, 1.807) is 36.4 Å². The van der Waals surface area contributed by atoms with Crippen LogP contribution in [0.5, 0.6) is 0 Å². The lowest BCUT2D eigenvalue weighted by Gasteiger charge is -2.27. The van der Waals surface area contributed by atoms with Crippen LogP contribution in [0.1, 0.15) is 16.2 Å². The second-order valence-corrected chi connectivity index (χ2v) is 7.56. The fraction of sp³-hybridized carbons (Fsp3) is 0.0625. The normalized spacial score (nSPS) is 15.7. The van der Waals surface area contributed by atoms with Gasteiger partial charge in [-0.15, -0.1) is 15.0 Å². The quantitative estimate of drug-likeness (QED) is 0.735. The lowest BCUT2D eigenvalue weighted by atomic mass is 10.2. The minimum atomic E-state index is -3.84. The van der Waals surface area contributed by atoms with Gasteiger partial charge in [-0.05, 0) is 36.4 Å². The molecule has 8 nitrogen and oxygen atoms in total. The topological polar surface area (TPSA) is 105 Å². The van der Waals surface area contributed by atoms with E-state index in [4.69, 9.17) is 16.0 Å². The number of halogens is 1. The van der Waals surface area contributed by atoms with E-state index in [2.05, 4.69) is 15.0 Å². The summed E-state index contributed by atoms with van der Waals surface area (Å²) in [5.41, 5.74) is 0.743. The predicted octanol–water partition coefficient (Wildman–Crippen LogP) is 2.24. The molecule has 0 bridgehead atoms. The van der Waals surface area contributed by atoms with Crippen LogP contribution in [-0.4, -0.2) is 29.5 Å². The first-order valence-corrected chi connectivity index (χ1v) is 9.32. The predicted molar refractivity (Wildman–Crippen MR) is 91.4 cm³/mol. The van der Waals surface area contributed by atoms with Crippen LogP contribution < -0.4 is 4.83 Å². The maximum Gasteiger partial charge on any atom is 0.270 e. The highest BCUT2D eigenvalue weighted by atomic mass is 35.5. The van der Waals surface area contributed by atoms with Gasteiger partial charge in [0.1, 0.15) is 6.54 Å². The van der Waals surface area contributed by atoms with Gasteiger partial charge in [-0.25, -0.2) is 8.42 Å². The molecule has 2 aromatic carbocycles. The molecule has 3 aromatic rings. The monoisotopic (exact) mass is 390 g/mol. The van der Waals surface area contributed by atoms with Gasteiger partial charge >= 0.3 is 0 Å². The first kappa shape index (κ1) is 16.7. The molecule has 0 aliphatic carbocycles. The van der Waals surface area contributed by atoms with Crippen molar-refractivity contribution in [2.24, 2.45) is 0 Å². The van der Waals surface area contributed by atoms with Gasteiger partial charge in [0.05, 0.1) is 10.5 Å². The Hall–Kier alpha value is -2.75. The number of nitrogens with one attached hydrogen (secondary N) is 1. The Kier molecular flexibility index (Phi) is 3.98. The Labute approximate surface area is 153 Å². The summed E-state index contributed by atoms with van der Waals surface area (Å²) in [5.74, 6) is -0.170. The molecule has 1 aliphatic rings. The SMILES string of the molecule is O=C1c2ccccc2S(=O)(=O)NN1Cc1nnc(-c2ccc(Cl)cc2)o1. The van der Waals surface area contributed by atoms with E-state index >= 15 is 0 Å². The number of aromatic nitrogens is 2. The van der Waals surface area contributed by atoms with Gasteiger partial charge in [0.2, 0.25) is 11.8 Å². The third-order valence-corrected chi connectivity index (χ3v) is 5.38. The molecular formula is C16H11ClN4O4S. The first-order chi connectivity index (χ1) is 12.4. The molecule has 0 radical (unpaired) electrons. The molecule has 0 saturated carbocycles. The van der Waals surface area contributed by atoms with E-state index in [9.17, 15) is 13.2 Å². The summed E-state index contributed by atoms with van der Waals surface area (Å²) in [6.45, 7) is -0.201. The van der Waals surface area contributed by atoms with Crippen LogP contribution in [0, 0.1) is 0 Å². The van der Waals surface area contributed by atoms with E-state index in [1.807, 2.05) is 0 Å². The molecule has 4 rings (SSSR count). The second kappa shape index (κ2) is 6.20. The third kappa shape index (κ3) is 2.96. The van der Waals surface area contributed by atoms with Crippen molar-refractivity contribution in [2.45, 2.75) is 11.4 Å². The fourth-order valence-corrected chi connectivity index (χ4v) is 3.89. The summed E-state index contributed by atoms with van der Waals surface area (Å²) in [5, 5.41) is 9.28. The summed E-state index contributed by atoms with van der Waals surface area (Å²) in [6, 6.07) is 12.8. The Morgan fingerprint density at radius 2 is 1.81 bits per heavy atom. The molecular weight excluding hydrogens is 380 g/mol. The Balaban J connectivity index is 1.61. The molecule has 0 fully saturated rings. The maximum absolute atomic E-state index is 12.5. The molecule has 1 N–H and O–H groups in total. The van der Waals surface area contributed by atoms with E-state index < -0.39 is 15.9 Å². The Morgan fingerprint density at radius 3 is 2.58 bits per heavy atom. The molecule has 0 saturated heterocycles. The maximum atomic E-state index is 12.5. The number of carbonyl (C=O) groups excluding carboxylic acids is 1. The van der Waals surface area contributed by atoms with Crippen molar-refractivity contribution < 1.29 is 17.6 Å². The van der Waals surface area contributed by atoms with Crippen molar-refractivity contribution >= 4 is 27.5 Å². The van der Waals surface area contributed by atoms with Crippen molar-refractivity contribution in [3.63, 3.8) is 0 Å². The number of hydrogen-bond donors (Lipinski definition) is 1. The second-order valence-electron chi connectivity index (χ2n) is 5.49. The first-order valence-electron chi connectivity index (χ1n) is 7.46. The van der Waals surface area contributed by atoms with E-state index in [0.29, 0.717) is 10.6 Å². The summed E-state index contributed by atoms with van der Waals surface area (Å²) >= 11 is 5.84. The van der Waals surface area contributed by atoms with Gasteiger partial charge in [-0.1, -0.05) is 23.7 Å². The van der Waals surface area contributed by atoms with Gasteiger partial charge < -0.3 is 4.42 Å². The smallest absolute Gasteiger partial charge is 0.270 e. The van der Waals surface area contributed by atoms with Crippen LogP contribution >= 0.6 is 11.6 Å². The lowest BCUT2D eigenvalue weighted by Crippen LogP contribution is -2.49. The van der Waals surface area contributed by atoms with Crippen LogP contribution in [-0.2, 0) is 16.6 Å². The molecule has 26 heavy (non-hydrogen) atoms. The number of hydrazine groups is 1. The highest BCUT2D eigenvalue weighted by molar-refractivity contribution is 7.89. The minimum absolute atomic E-state index is 0.0615. The minimum Gasteiger partial charge on any atom is -0.419 e. The van der Waals surface area contributed by atoms with Crippen molar-refractivity contribution in [2.75, 3.05) is 0 Å². The molecule has 1 amide bonds. The average molecular weight is 391 g/mol. The Bertz CT molecular complexity index is 1100. The van der Waals surface area contributed by atoms with Crippen molar-refractivity contribution in [1.29, 1.82) is 0 Å². The van der Waals surface area contributed by atoms with Gasteiger partial charge in [0, 0.05) is 10.6 Å². The molecule has 10 heteroatoms. The Morgan fingerprint density at radius 1 is 1.08 bits per heavy atom. The number of fused-ring (bicyclic) bond motifs is 1. The van der Waals surface area contributed by atoms with E-state index in [1.165, 1.54) is 12.1 Å². The van der Waals surface area contributed by atoms with Crippen LogP contribution in [0.3, 0.4) is 0 Å². The standard InChI is InChI=1S/C16H11ClN4O4S/c17-11-7-5-10(6-8-11)15-19-18-14(25-15)9-21-16(22)12-3-1-2-4-13(12)26(23,24)20-21/h1-8,20H,9H2. The molecule has 1 aromatic heterocycles. The zero-order valence-electron chi connectivity index (χ0n) is 13.1. The molecule has 0 spiro atoms. The zero-order chi connectivity index (χ0) is 18.3. The van der Waals surface area contributed by atoms with Gasteiger partial charge in [0.15, 0.2) is 0 Å². The van der Waals surface area contributed by atoms with Gasteiger partial charge in [-0.2, -0.15) is 0 Å². The van der Waals surface area contributed by atoms with Gasteiger partial charge in [0.25, 0.3) is 15.9 Å². The van der Waals surface area contributed by atoms with Crippen LogP contribution in [0.15, 0.2) is 57.8 Å². The number of nitrogens with zero attached hydrogens (tertiary/aromatic N) is 3. The highest BCUT2D eigenvalue weighted by Crippen LogP contribution is 2.24. The number of sulfonamides is 1. The number of rotatable bonds is 3. The summed E-state index contributed by atoms with van der Waals surface area (Å²) in [6.07, 6.45) is 0. The van der Waals surface area contributed by atoms with Crippen LogP contribution in [0.25, 0.3) is 11.5 Å². The molecule has 0 unspecified atom stereocenters.